The van der Waals surface area contributed by atoms with Crippen LogP contribution in [0, 0.1) is 0 Å². The number of carbonyl (C=O) groups excluding carboxylic acids is 1. The number of fused-ring (bicyclic) bond motifs is 1. The summed E-state index contributed by atoms with van der Waals surface area (Å²) in [5.41, 5.74) is 2.12. The lowest BCUT2D eigenvalue weighted by Crippen LogP contribution is -2.03. The molecule has 0 saturated carbocycles. The molecule has 6 heteroatoms. The van der Waals surface area contributed by atoms with E-state index in [-0.39, 0.29) is 5.91 Å². The maximum Gasteiger partial charge on any atom is 0.256 e. The molecule has 1 amide bonds. The van der Waals surface area contributed by atoms with Crippen LogP contribution in [0.4, 0.5) is 5.69 Å². The molecule has 0 unspecified atom stereocenters. The Kier molecular flexibility index (Phi) is 2.98. The second-order valence-electron chi connectivity index (χ2n) is 4.42. The van der Waals surface area contributed by atoms with Crippen LogP contribution in [-0.2, 0) is 11.2 Å². The average Bonchev–Trinajstić information content (AvgIpc) is 3.04. The number of ether oxygens (including phenoxy) is 1. The fraction of sp³-hybridized carbons (Fsp3) is 0.214. The minimum absolute atomic E-state index is 0.156. The van der Waals surface area contributed by atoms with Crippen LogP contribution in [0.1, 0.15) is 24.1 Å². The molecule has 6 nitrogen and oxygen atoms in total. The van der Waals surface area contributed by atoms with E-state index in [2.05, 4.69) is 20.5 Å². The number of hydrogen-bond donors (Lipinski definition) is 2. The fourth-order valence-corrected chi connectivity index (χ4v) is 2.10. The summed E-state index contributed by atoms with van der Waals surface area (Å²) in [6.07, 6.45) is 2.45. The summed E-state index contributed by atoms with van der Waals surface area (Å²) in [7, 11) is 1.60. The first-order valence-electron chi connectivity index (χ1n) is 6.34. The zero-order chi connectivity index (χ0) is 14.1. The summed E-state index contributed by atoms with van der Waals surface area (Å²) in [4.78, 5) is 16.3. The van der Waals surface area contributed by atoms with Crippen molar-refractivity contribution < 1.29 is 9.53 Å². The molecule has 1 aliphatic heterocycles. The molecule has 2 N–H and O–H groups in total. The van der Waals surface area contributed by atoms with Crippen LogP contribution in [0.25, 0.3) is 11.6 Å². The Morgan fingerprint density at radius 1 is 1.40 bits per heavy atom. The van der Waals surface area contributed by atoms with Crippen molar-refractivity contribution in [3.05, 3.63) is 35.4 Å². The van der Waals surface area contributed by atoms with Crippen molar-refractivity contribution >= 4 is 23.2 Å². The number of methoxy groups -OCH3 is 1. The number of aromatic amines is 1. The predicted molar refractivity (Wildman–Crippen MR) is 75.3 cm³/mol. The van der Waals surface area contributed by atoms with Crippen LogP contribution in [0.5, 0.6) is 5.75 Å². The Morgan fingerprint density at radius 2 is 2.25 bits per heavy atom. The molecular weight excluding hydrogens is 256 g/mol. The Bertz CT molecular complexity index is 703. The van der Waals surface area contributed by atoms with Gasteiger partial charge in [0.25, 0.3) is 5.91 Å². The van der Waals surface area contributed by atoms with Gasteiger partial charge in [0.15, 0.2) is 5.82 Å². The van der Waals surface area contributed by atoms with Gasteiger partial charge in [-0.3, -0.25) is 9.89 Å². The van der Waals surface area contributed by atoms with Crippen molar-refractivity contribution in [1.82, 2.24) is 15.2 Å². The number of carbonyl (C=O) groups is 1. The smallest absolute Gasteiger partial charge is 0.256 e. The first-order valence-corrected chi connectivity index (χ1v) is 6.34. The molecule has 0 aliphatic carbocycles. The van der Waals surface area contributed by atoms with Crippen molar-refractivity contribution in [3.8, 4) is 5.75 Å². The quantitative estimate of drug-likeness (QED) is 0.834. The first-order chi connectivity index (χ1) is 9.71. The molecule has 102 valence electrons. The third kappa shape index (κ3) is 2.05. The molecule has 1 aromatic carbocycles. The molecule has 2 heterocycles. The third-order valence-electron chi connectivity index (χ3n) is 3.17. The van der Waals surface area contributed by atoms with E-state index >= 15 is 0 Å². The SMILES string of the molecule is CCc1nc(C=C2C(=O)Nc3ccc(OC)cc32)n[nH]1. The van der Waals surface area contributed by atoms with Crippen molar-refractivity contribution in [2.24, 2.45) is 0 Å². The summed E-state index contributed by atoms with van der Waals surface area (Å²) in [5, 5.41) is 9.72. The van der Waals surface area contributed by atoms with Gasteiger partial charge in [-0.2, -0.15) is 5.10 Å². The highest BCUT2D eigenvalue weighted by Crippen LogP contribution is 2.35. The lowest BCUT2D eigenvalue weighted by Gasteiger charge is -2.02. The van der Waals surface area contributed by atoms with E-state index in [1.54, 1.807) is 13.2 Å². The van der Waals surface area contributed by atoms with Gasteiger partial charge in [0.1, 0.15) is 11.6 Å². The number of aromatic nitrogens is 3. The summed E-state index contributed by atoms with van der Waals surface area (Å²) >= 11 is 0. The summed E-state index contributed by atoms with van der Waals surface area (Å²) in [6, 6.07) is 5.46. The summed E-state index contributed by atoms with van der Waals surface area (Å²) < 4.78 is 5.19. The number of nitrogens with one attached hydrogen (secondary N) is 2. The second-order valence-corrected chi connectivity index (χ2v) is 4.42. The van der Waals surface area contributed by atoms with Crippen LogP contribution in [0.15, 0.2) is 18.2 Å². The zero-order valence-electron chi connectivity index (χ0n) is 11.2. The minimum atomic E-state index is -0.156. The fourth-order valence-electron chi connectivity index (χ4n) is 2.10. The van der Waals surface area contributed by atoms with E-state index in [9.17, 15) is 4.79 Å². The monoisotopic (exact) mass is 270 g/mol. The van der Waals surface area contributed by atoms with Gasteiger partial charge in [-0.15, -0.1) is 0 Å². The van der Waals surface area contributed by atoms with Crippen molar-refractivity contribution in [2.75, 3.05) is 12.4 Å². The molecule has 2 aromatic rings. The van der Waals surface area contributed by atoms with Gasteiger partial charge in [-0.25, -0.2) is 4.98 Å². The number of benzene rings is 1. The van der Waals surface area contributed by atoms with Crippen molar-refractivity contribution in [1.29, 1.82) is 0 Å². The van der Waals surface area contributed by atoms with E-state index in [1.165, 1.54) is 0 Å². The van der Waals surface area contributed by atoms with E-state index in [1.807, 2.05) is 25.1 Å². The number of nitrogens with zero attached hydrogens (tertiary/aromatic N) is 2. The lowest BCUT2D eigenvalue weighted by molar-refractivity contribution is -0.110. The summed E-state index contributed by atoms with van der Waals surface area (Å²) in [6.45, 7) is 1.99. The topological polar surface area (TPSA) is 79.9 Å². The van der Waals surface area contributed by atoms with Crippen molar-refractivity contribution in [3.63, 3.8) is 0 Å². The number of rotatable bonds is 3. The van der Waals surface area contributed by atoms with Crippen LogP contribution in [0.2, 0.25) is 0 Å². The van der Waals surface area contributed by atoms with E-state index < -0.39 is 0 Å². The molecule has 0 spiro atoms. The second kappa shape index (κ2) is 4.80. The highest BCUT2D eigenvalue weighted by Gasteiger charge is 2.25. The number of aryl methyl sites for hydroxylation is 1. The van der Waals surface area contributed by atoms with Gasteiger partial charge in [0.05, 0.1) is 12.7 Å². The van der Waals surface area contributed by atoms with Gasteiger partial charge in [0, 0.05) is 17.7 Å². The minimum Gasteiger partial charge on any atom is -0.497 e. The molecule has 1 aliphatic rings. The Labute approximate surface area is 115 Å². The van der Waals surface area contributed by atoms with Gasteiger partial charge >= 0.3 is 0 Å². The molecule has 1 aromatic heterocycles. The number of amides is 1. The van der Waals surface area contributed by atoms with Crippen LogP contribution >= 0.6 is 0 Å². The Morgan fingerprint density at radius 3 is 2.95 bits per heavy atom. The predicted octanol–water partition coefficient (Wildman–Crippen LogP) is 1.87. The Balaban J connectivity index is 2.04. The summed E-state index contributed by atoms with van der Waals surface area (Å²) in [5.74, 6) is 1.84. The third-order valence-corrected chi connectivity index (χ3v) is 3.17. The Hall–Kier alpha value is -2.63. The highest BCUT2D eigenvalue weighted by molar-refractivity contribution is 6.34. The highest BCUT2D eigenvalue weighted by atomic mass is 16.5. The van der Waals surface area contributed by atoms with Gasteiger partial charge in [-0.1, -0.05) is 6.92 Å². The molecule has 0 bridgehead atoms. The first kappa shape index (κ1) is 12.4. The van der Waals surface area contributed by atoms with Crippen molar-refractivity contribution in [2.45, 2.75) is 13.3 Å². The van der Waals surface area contributed by atoms with Crippen LogP contribution in [-0.4, -0.2) is 28.2 Å². The average molecular weight is 270 g/mol. The molecule has 0 fully saturated rings. The van der Waals surface area contributed by atoms with Gasteiger partial charge < -0.3 is 10.1 Å². The van der Waals surface area contributed by atoms with Gasteiger partial charge in [-0.05, 0) is 24.3 Å². The number of H-pyrrole nitrogens is 1. The van der Waals surface area contributed by atoms with Crippen LogP contribution < -0.4 is 10.1 Å². The largest absolute Gasteiger partial charge is 0.497 e. The van der Waals surface area contributed by atoms with Crippen LogP contribution in [0.3, 0.4) is 0 Å². The maximum atomic E-state index is 12.0. The standard InChI is InChI=1S/C14H14N4O2/c1-3-12-16-13(18-17-12)7-10-9-6-8(20-2)4-5-11(9)15-14(10)19/h4-7H,3H2,1-2H3,(H,15,19)(H,16,17,18). The van der Waals surface area contributed by atoms with E-state index in [4.69, 9.17) is 4.74 Å². The number of hydrogen-bond acceptors (Lipinski definition) is 4. The molecular formula is C14H14N4O2. The lowest BCUT2D eigenvalue weighted by atomic mass is 10.1. The molecule has 0 saturated heterocycles. The normalized spacial score (nSPS) is 15.3. The van der Waals surface area contributed by atoms with Gasteiger partial charge in [0.2, 0.25) is 0 Å². The number of anilines is 1. The molecule has 20 heavy (non-hydrogen) atoms. The molecule has 3 rings (SSSR count). The maximum absolute atomic E-state index is 12.0. The zero-order valence-corrected chi connectivity index (χ0v) is 11.2. The molecule has 0 radical (unpaired) electrons. The molecule has 0 atom stereocenters. The van der Waals surface area contributed by atoms with E-state index in [0.717, 1.165) is 23.5 Å². The van der Waals surface area contributed by atoms with E-state index in [0.29, 0.717) is 17.1 Å².